The minimum Gasteiger partial charge on any atom is -0.493 e. The van der Waals surface area contributed by atoms with Crippen LogP contribution in [0.5, 0.6) is 17.2 Å². The van der Waals surface area contributed by atoms with Crippen molar-refractivity contribution >= 4 is 29.9 Å². The quantitative estimate of drug-likeness (QED) is 0.249. The summed E-state index contributed by atoms with van der Waals surface area (Å²) >= 11 is 0. The molecule has 0 spiro atoms. The van der Waals surface area contributed by atoms with Crippen LogP contribution in [0.15, 0.2) is 47.5 Å². The van der Waals surface area contributed by atoms with Crippen molar-refractivity contribution in [2.24, 2.45) is 4.99 Å². The number of hydrogen-bond donors (Lipinski definition) is 2. The van der Waals surface area contributed by atoms with Crippen molar-refractivity contribution in [3.63, 3.8) is 0 Å². The molecule has 2 N–H and O–H groups in total. The molecule has 0 bridgehead atoms. The summed E-state index contributed by atoms with van der Waals surface area (Å²) in [5.74, 6) is 2.49. The maximum absolute atomic E-state index is 12.3. The zero-order valence-electron chi connectivity index (χ0n) is 18.0. The molecule has 0 heterocycles. The van der Waals surface area contributed by atoms with E-state index >= 15 is 0 Å². The van der Waals surface area contributed by atoms with Gasteiger partial charge >= 0.3 is 0 Å². The fourth-order valence-electron chi connectivity index (χ4n) is 2.77. The highest BCUT2D eigenvalue weighted by Crippen LogP contribution is 2.27. The maximum atomic E-state index is 12.3. The Kier molecular flexibility index (Phi) is 12.6. The summed E-state index contributed by atoms with van der Waals surface area (Å²) in [5, 5.41) is 6.49. The highest BCUT2D eigenvalue weighted by Gasteiger charge is 2.06. The van der Waals surface area contributed by atoms with E-state index in [2.05, 4.69) is 15.6 Å². The number of halogens is 3. The Bertz CT molecular complexity index is 822. The van der Waals surface area contributed by atoms with E-state index in [1.807, 2.05) is 31.2 Å². The van der Waals surface area contributed by atoms with Gasteiger partial charge in [0.05, 0.1) is 20.8 Å². The van der Waals surface area contributed by atoms with E-state index in [4.69, 9.17) is 14.2 Å². The van der Waals surface area contributed by atoms with Crippen LogP contribution in [0.25, 0.3) is 0 Å². The molecule has 0 atom stereocenters. The normalized spacial score (nSPS) is 11.0. The fourth-order valence-corrected chi connectivity index (χ4v) is 2.77. The van der Waals surface area contributed by atoms with Gasteiger partial charge in [0.2, 0.25) is 0 Å². The number of methoxy groups -OCH3 is 2. The van der Waals surface area contributed by atoms with E-state index < -0.39 is 13.0 Å². The lowest BCUT2D eigenvalue weighted by Gasteiger charge is -2.13. The van der Waals surface area contributed by atoms with Gasteiger partial charge in [-0.1, -0.05) is 18.2 Å². The first kappa shape index (κ1) is 26.7. The van der Waals surface area contributed by atoms with Crippen LogP contribution < -0.4 is 24.8 Å². The van der Waals surface area contributed by atoms with Crippen molar-refractivity contribution in [3.8, 4) is 17.2 Å². The second-order valence-corrected chi connectivity index (χ2v) is 6.41. The molecule has 0 unspecified atom stereocenters. The molecule has 0 saturated carbocycles. The summed E-state index contributed by atoms with van der Waals surface area (Å²) in [5.41, 5.74) is 1.98. The Hall–Kier alpha value is -2.30. The molecule has 2 aromatic rings. The zero-order chi connectivity index (χ0) is 21.8. The molecule has 0 fully saturated rings. The monoisotopic (exact) mass is 549 g/mol. The van der Waals surface area contributed by atoms with Crippen molar-refractivity contribution in [2.75, 3.05) is 33.9 Å². The third kappa shape index (κ3) is 9.58. The second-order valence-electron chi connectivity index (χ2n) is 6.41. The van der Waals surface area contributed by atoms with Crippen LogP contribution in [-0.4, -0.2) is 46.3 Å². The number of aliphatic imine (C=N–C) groups is 1. The molecule has 2 rings (SSSR count). The Morgan fingerprint density at radius 2 is 1.77 bits per heavy atom. The van der Waals surface area contributed by atoms with E-state index in [0.29, 0.717) is 36.3 Å². The Balaban J connectivity index is 0.00000480. The van der Waals surface area contributed by atoms with Gasteiger partial charge in [-0.15, -0.1) is 24.0 Å². The van der Waals surface area contributed by atoms with E-state index in [1.165, 1.54) is 0 Å². The zero-order valence-corrected chi connectivity index (χ0v) is 20.3. The van der Waals surface area contributed by atoms with Gasteiger partial charge in [0.1, 0.15) is 12.4 Å². The standard InChI is InChI=1S/C22H29F2N3O3.HI/c1-4-25-22(26-11-10-16-8-9-19(28-2)20(13-16)29-3)27-14-17-6-5-7-18(12-17)30-15-21(23)24;/h5-9,12-13,21H,4,10-11,14-15H2,1-3H3,(H2,25,26,27);1H. The smallest absolute Gasteiger partial charge is 0.272 e. The Morgan fingerprint density at radius 3 is 2.45 bits per heavy atom. The molecule has 0 aromatic heterocycles. The van der Waals surface area contributed by atoms with Crippen molar-refractivity contribution < 1.29 is 23.0 Å². The van der Waals surface area contributed by atoms with Crippen LogP contribution in [-0.2, 0) is 13.0 Å². The summed E-state index contributed by atoms with van der Waals surface area (Å²) in [6.07, 6.45) is -1.72. The predicted molar refractivity (Wildman–Crippen MR) is 129 cm³/mol. The topological polar surface area (TPSA) is 64.1 Å². The summed E-state index contributed by atoms with van der Waals surface area (Å²) in [4.78, 5) is 4.56. The minimum atomic E-state index is -2.50. The number of nitrogens with one attached hydrogen (secondary N) is 2. The van der Waals surface area contributed by atoms with Gasteiger partial charge in [0.15, 0.2) is 17.5 Å². The van der Waals surface area contributed by atoms with E-state index in [0.717, 1.165) is 24.1 Å². The molecule has 31 heavy (non-hydrogen) atoms. The van der Waals surface area contributed by atoms with Crippen LogP contribution in [0, 0.1) is 0 Å². The fraction of sp³-hybridized carbons (Fsp3) is 0.409. The molecule has 0 radical (unpaired) electrons. The SMILES string of the molecule is CCNC(=NCc1cccc(OCC(F)F)c1)NCCc1ccc(OC)c(OC)c1.I. The predicted octanol–water partition coefficient (Wildman–Crippen LogP) is 4.26. The highest BCUT2D eigenvalue weighted by atomic mass is 127. The molecule has 0 aliphatic carbocycles. The van der Waals surface area contributed by atoms with Gasteiger partial charge in [0, 0.05) is 13.1 Å². The molecule has 2 aromatic carbocycles. The van der Waals surface area contributed by atoms with E-state index in [-0.39, 0.29) is 24.0 Å². The lowest BCUT2D eigenvalue weighted by Crippen LogP contribution is -2.38. The van der Waals surface area contributed by atoms with E-state index in [1.54, 1.807) is 32.4 Å². The summed E-state index contributed by atoms with van der Waals surface area (Å²) in [6.45, 7) is 3.17. The third-order valence-corrected chi connectivity index (χ3v) is 4.19. The lowest BCUT2D eigenvalue weighted by atomic mass is 10.1. The largest absolute Gasteiger partial charge is 0.493 e. The molecule has 0 amide bonds. The molecule has 0 saturated heterocycles. The van der Waals surface area contributed by atoms with Crippen molar-refractivity contribution in [1.82, 2.24) is 10.6 Å². The average Bonchev–Trinajstić information content (AvgIpc) is 2.76. The second kappa shape index (κ2) is 14.7. The van der Waals surface area contributed by atoms with Crippen LogP contribution >= 0.6 is 24.0 Å². The minimum absolute atomic E-state index is 0. The van der Waals surface area contributed by atoms with Crippen molar-refractivity contribution in [2.45, 2.75) is 26.3 Å². The number of nitrogens with zero attached hydrogens (tertiary/aromatic N) is 1. The van der Waals surface area contributed by atoms with Gasteiger partial charge in [-0.2, -0.15) is 0 Å². The third-order valence-electron chi connectivity index (χ3n) is 4.19. The Labute approximate surface area is 199 Å². The van der Waals surface area contributed by atoms with E-state index in [9.17, 15) is 8.78 Å². The molecule has 0 aliphatic heterocycles. The first-order chi connectivity index (χ1) is 14.5. The maximum Gasteiger partial charge on any atom is 0.272 e. The van der Waals surface area contributed by atoms with Gasteiger partial charge < -0.3 is 24.8 Å². The molecule has 9 heteroatoms. The van der Waals surface area contributed by atoms with Gasteiger partial charge in [-0.05, 0) is 48.7 Å². The summed E-state index contributed by atoms with van der Waals surface area (Å²) in [6, 6.07) is 12.9. The highest BCUT2D eigenvalue weighted by molar-refractivity contribution is 14.0. The van der Waals surface area contributed by atoms with Gasteiger partial charge in [-0.3, -0.25) is 0 Å². The molecular formula is C22H30F2IN3O3. The molecule has 172 valence electrons. The number of ether oxygens (including phenoxy) is 3. The van der Waals surface area contributed by atoms with Crippen LogP contribution in [0.4, 0.5) is 8.78 Å². The Morgan fingerprint density at radius 1 is 1.00 bits per heavy atom. The lowest BCUT2D eigenvalue weighted by molar-refractivity contribution is 0.0818. The van der Waals surface area contributed by atoms with Crippen LogP contribution in [0.1, 0.15) is 18.1 Å². The first-order valence-corrected chi connectivity index (χ1v) is 9.78. The number of alkyl halides is 2. The number of rotatable bonds is 11. The number of guanidine groups is 1. The van der Waals surface area contributed by atoms with Gasteiger partial charge in [-0.25, -0.2) is 13.8 Å². The van der Waals surface area contributed by atoms with Crippen LogP contribution in [0.2, 0.25) is 0 Å². The number of benzene rings is 2. The summed E-state index contributed by atoms with van der Waals surface area (Å²) < 4.78 is 40.3. The molecule has 0 aliphatic rings. The average molecular weight is 549 g/mol. The van der Waals surface area contributed by atoms with Crippen LogP contribution in [0.3, 0.4) is 0 Å². The number of hydrogen-bond acceptors (Lipinski definition) is 4. The van der Waals surface area contributed by atoms with Crippen molar-refractivity contribution in [3.05, 3.63) is 53.6 Å². The molecular weight excluding hydrogens is 519 g/mol. The first-order valence-electron chi connectivity index (χ1n) is 9.78. The molecule has 6 nitrogen and oxygen atoms in total. The van der Waals surface area contributed by atoms with Crippen molar-refractivity contribution in [1.29, 1.82) is 0 Å². The van der Waals surface area contributed by atoms with Gasteiger partial charge in [0.25, 0.3) is 6.43 Å². The summed E-state index contributed by atoms with van der Waals surface area (Å²) in [7, 11) is 3.22.